The van der Waals surface area contributed by atoms with E-state index < -0.39 is 48.2 Å². The first-order valence-electron chi connectivity index (χ1n) is 12.7. The van der Waals surface area contributed by atoms with Crippen molar-refractivity contribution < 1.29 is 36.6 Å². The van der Waals surface area contributed by atoms with Crippen LogP contribution in [-0.4, -0.2) is 49.3 Å². The van der Waals surface area contributed by atoms with E-state index in [2.05, 4.69) is 0 Å². The maximum atomic E-state index is 14.9. The number of nitrogens with zero attached hydrogens (tertiary/aromatic N) is 1. The van der Waals surface area contributed by atoms with Crippen molar-refractivity contribution in [2.75, 3.05) is 25.6 Å². The van der Waals surface area contributed by atoms with Crippen molar-refractivity contribution in [2.45, 2.75) is 69.3 Å². The van der Waals surface area contributed by atoms with E-state index in [4.69, 9.17) is 4.74 Å². The predicted molar refractivity (Wildman–Crippen MR) is 128 cm³/mol. The minimum Gasteiger partial charge on any atom is -0.383 e. The molecule has 0 radical (unpaired) electrons. The second-order valence-electron chi connectivity index (χ2n) is 11.4. The van der Waals surface area contributed by atoms with Gasteiger partial charge in [-0.25, -0.2) is 0 Å². The van der Waals surface area contributed by atoms with Crippen molar-refractivity contribution in [3.8, 4) is 0 Å². The molecule has 3 aliphatic carbocycles. The molecule has 1 N–H and O–H groups in total. The van der Waals surface area contributed by atoms with Crippen LogP contribution in [0.2, 0.25) is 0 Å². The topological polar surface area (TPSA) is 49.8 Å². The summed E-state index contributed by atoms with van der Waals surface area (Å²) in [6.07, 6.45) is -3.72. The smallest absolute Gasteiger partial charge is 0.383 e. The van der Waals surface area contributed by atoms with Crippen LogP contribution in [0, 0.1) is 17.3 Å². The Bertz CT molecular complexity index is 1160. The van der Waals surface area contributed by atoms with Crippen molar-refractivity contribution in [3.63, 3.8) is 0 Å². The average molecular weight is 526 g/mol. The number of alkyl halides is 5. The number of ketones is 1. The number of benzene rings is 1. The van der Waals surface area contributed by atoms with Crippen LogP contribution in [0.15, 0.2) is 47.1 Å². The second-order valence-corrected chi connectivity index (χ2v) is 11.4. The van der Waals surface area contributed by atoms with Gasteiger partial charge in [0.05, 0.1) is 6.61 Å². The molecule has 5 rings (SSSR count). The molecule has 1 aliphatic heterocycles. The van der Waals surface area contributed by atoms with E-state index in [1.54, 1.807) is 0 Å². The maximum absolute atomic E-state index is 14.9. The lowest BCUT2D eigenvalue weighted by Gasteiger charge is -2.47. The normalized spacial score (nSPS) is 34.4. The number of aliphatic hydroxyl groups is 1. The van der Waals surface area contributed by atoms with Crippen LogP contribution in [0.3, 0.4) is 0 Å². The maximum Gasteiger partial charge on any atom is 0.456 e. The quantitative estimate of drug-likeness (QED) is 0.480. The van der Waals surface area contributed by atoms with Crippen molar-refractivity contribution >= 4 is 11.5 Å². The first-order chi connectivity index (χ1) is 17.2. The molecule has 1 aromatic rings. The summed E-state index contributed by atoms with van der Waals surface area (Å²) in [5, 5.41) is 11.2. The summed E-state index contributed by atoms with van der Waals surface area (Å²) in [7, 11) is 3.80. The van der Waals surface area contributed by atoms with Gasteiger partial charge in [-0.2, -0.15) is 22.0 Å². The molecule has 3 fully saturated rings. The summed E-state index contributed by atoms with van der Waals surface area (Å²) in [5.74, 6) is -6.19. The van der Waals surface area contributed by atoms with Crippen LogP contribution in [0.4, 0.5) is 27.6 Å². The van der Waals surface area contributed by atoms with Gasteiger partial charge in [0.2, 0.25) is 0 Å². The summed E-state index contributed by atoms with van der Waals surface area (Å²) in [5.41, 5.74) is -0.687. The number of ether oxygens (including phenoxy) is 1. The largest absolute Gasteiger partial charge is 0.456 e. The Morgan fingerprint density at radius 3 is 2.38 bits per heavy atom. The highest BCUT2D eigenvalue weighted by molar-refractivity contribution is 5.84. The summed E-state index contributed by atoms with van der Waals surface area (Å²) in [4.78, 5) is 14.1. The number of rotatable bonds is 3. The standard InChI is InChI=1S/C28H32F5NO3/c1-25-15-37-24(16-4-7-18(8-5-16)34(2)3)23-20-11-9-19(35)14-17(20)6-10-21(23)22(25)12-13-26(25,36)27(29,30)28(31,32)33/h4-8,21-22,24,36H,9-15H2,1-3H3/t21?,22?,24-,25+,26+/m1/s1. The molecular formula is C28H32F5NO3. The van der Waals surface area contributed by atoms with Gasteiger partial charge in [-0.1, -0.05) is 25.1 Å². The van der Waals surface area contributed by atoms with Crippen LogP contribution in [0.5, 0.6) is 0 Å². The monoisotopic (exact) mass is 525 g/mol. The molecule has 2 unspecified atom stereocenters. The van der Waals surface area contributed by atoms with E-state index in [0.29, 0.717) is 19.3 Å². The summed E-state index contributed by atoms with van der Waals surface area (Å²) >= 11 is 0. The van der Waals surface area contributed by atoms with Gasteiger partial charge in [-0.15, -0.1) is 0 Å². The van der Waals surface area contributed by atoms with Crippen molar-refractivity contribution in [2.24, 2.45) is 17.3 Å². The van der Waals surface area contributed by atoms with Crippen LogP contribution >= 0.6 is 0 Å². The summed E-state index contributed by atoms with van der Waals surface area (Å²) < 4.78 is 77.0. The van der Waals surface area contributed by atoms with Gasteiger partial charge >= 0.3 is 12.1 Å². The Hall–Kier alpha value is -2.26. The SMILES string of the molecule is CN(C)c1ccc([C@H]2OC[C@@]3(C)C(CC[C@@]3(O)C(F)(F)C(F)(F)F)C3CC=C4CC(=O)CCC4=C32)cc1. The van der Waals surface area contributed by atoms with E-state index >= 15 is 0 Å². The molecule has 0 bridgehead atoms. The number of allylic oxidation sites excluding steroid dienone is 3. The highest BCUT2D eigenvalue weighted by Gasteiger charge is 2.78. The zero-order valence-corrected chi connectivity index (χ0v) is 21.2. The number of halogens is 5. The molecule has 1 saturated heterocycles. The van der Waals surface area contributed by atoms with Gasteiger partial charge in [0.15, 0.2) is 0 Å². The molecule has 4 aliphatic rings. The lowest BCUT2D eigenvalue weighted by atomic mass is 9.61. The molecular weight excluding hydrogens is 493 g/mol. The van der Waals surface area contributed by atoms with E-state index in [-0.39, 0.29) is 24.5 Å². The number of carbonyl (C=O) groups excluding carboxylic acids is 1. The van der Waals surface area contributed by atoms with Gasteiger partial charge in [-0.3, -0.25) is 4.79 Å². The van der Waals surface area contributed by atoms with Crippen molar-refractivity contribution in [1.82, 2.24) is 0 Å². The van der Waals surface area contributed by atoms with E-state index in [9.17, 15) is 31.9 Å². The molecule has 1 heterocycles. The number of hydrogen-bond acceptors (Lipinski definition) is 4. The van der Waals surface area contributed by atoms with Gasteiger partial charge in [0, 0.05) is 38.0 Å². The van der Waals surface area contributed by atoms with E-state index in [1.165, 1.54) is 6.92 Å². The van der Waals surface area contributed by atoms with Crippen molar-refractivity contribution in [3.05, 3.63) is 52.6 Å². The fourth-order valence-corrected chi connectivity index (χ4v) is 7.18. The Kier molecular flexibility index (Phi) is 6.15. The highest BCUT2D eigenvalue weighted by atomic mass is 19.4. The third-order valence-electron chi connectivity index (χ3n) is 9.28. The van der Waals surface area contributed by atoms with Gasteiger partial charge < -0.3 is 14.7 Å². The van der Waals surface area contributed by atoms with Crippen molar-refractivity contribution in [1.29, 1.82) is 0 Å². The number of carbonyl (C=O) groups is 1. The predicted octanol–water partition coefficient (Wildman–Crippen LogP) is 6.16. The van der Waals surface area contributed by atoms with Crippen LogP contribution in [0.1, 0.15) is 57.1 Å². The molecule has 37 heavy (non-hydrogen) atoms. The molecule has 202 valence electrons. The summed E-state index contributed by atoms with van der Waals surface area (Å²) in [6.45, 7) is 0.884. The molecule has 9 heteroatoms. The first kappa shape index (κ1) is 26.4. The molecule has 4 nitrogen and oxygen atoms in total. The number of fused-ring (bicyclic) bond motifs is 4. The Morgan fingerprint density at radius 1 is 1.08 bits per heavy atom. The van der Waals surface area contributed by atoms with E-state index in [1.807, 2.05) is 49.3 Å². The average Bonchev–Trinajstić information content (AvgIpc) is 3.02. The van der Waals surface area contributed by atoms with Crippen LogP contribution < -0.4 is 4.90 Å². The second kappa shape index (κ2) is 8.63. The van der Waals surface area contributed by atoms with Gasteiger partial charge in [0.25, 0.3) is 0 Å². The third kappa shape index (κ3) is 3.79. The highest BCUT2D eigenvalue weighted by Crippen LogP contribution is 2.66. The zero-order chi connectivity index (χ0) is 27.0. The van der Waals surface area contributed by atoms with E-state index in [0.717, 1.165) is 28.0 Å². The van der Waals surface area contributed by atoms with Gasteiger partial charge in [-0.05, 0) is 71.9 Å². The summed E-state index contributed by atoms with van der Waals surface area (Å²) in [6, 6.07) is 7.59. The number of Topliss-reactive ketones (excluding diaryl/α,β-unsaturated/α-hetero) is 1. The molecule has 0 aromatic heterocycles. The number of hydrogen-bond donors (Lipinski definition) is 1. The fraction of sp³-hybridized carbons (Fsp3) is 0.607. The Labute approximate surface area is 213 Å². The minimum absolute atomic E-state index is 0.0257. The number of anilines is 1. The first-order valence-corrected chi connectivity index (χ1v) is 12.7. The molecule has 2 saturated carbocycles. The lowest BCUT2D eigenvalue weighted by molar-refractivity contribution is -0.363. The molecule has 5 atom stereocenters. The lowest BCUT2D eigenvalue weighted by Crippen LogP contribution is -2.65. The molecule has 0 spiro atoms. The third-order valence-corrected chi connectivity index (χ3v) is 9.28. The molecule has 1 aromatic carbocycles. The zero-order valence-electron chi connectivity index (χ0n) is 21.2. The fourth-order valence-electron chi connectivity index (χ4n) is 7.18. The molecule has 0 amide bonds. The Morgan fingerprint density at radius 2 is 1.76 bits per heavy atom. The van der Waals surface area contributed by atoms with Crippen LogP contribution in [-0.2, 0) is 9.53 Å². The van der Waals surface area contributed by atoms with Crippen LogP contribution in [0.25, 0.3) is 0 Å². The Balaban J connectivity index is 1.65. The minimum atomic E-state index is -5.89. The van der Waals surface area contributed by atoms with Gasteiger partial charge in [0.1, 0.15) is 17.5 Å².